The highest BCUT2D eigenvalue weighted by atomic mass is 16.5. The van der Waals surface area contributed by atoms with Crippen molar-refractivity contribution in [2.75, 3.05) is 19.7 Å². The maximum Gasteiger partial charge on any atom is 0.103 e. The summed E-state index contributed by atoms with van der Waals surface area (Å²) >= 11 is 0. The van der Waals surface area contributed by atoms with Gasteiger partial charge in [-0.15, -0.1) is 0 Å². The highest BCUT2D eigenvalue weighted by molar-refractivity contribution is 5.33. The zero-order valence-electron chi connectivity index (χ0n) is 9.76. The van der Waals surface area contributed by atoms with E-state index in [1.54, 1.807) is 0 Å². The fourth-order valence-electron chi connectivity index (χ4n) is 1.98. The highest BCUT2D eigenvalue weighted by Gasteiger charge is 2.29. The molecule has 1 heterocycles. The van der Waals surface area contributed by atoms with Gasteiger partial charge >= 0.3 is 0 Å². The molecule has 1 aromatic rings. The second kappa shape index (κ2) is 3.95. The third-order valence-corrected chi connectivity index (χ3v) is 3.28. The van der Waals surface area contributed by atoms with E-state index in [9.17, 15) is 0 Å². The fraction of sp³-hybridized carbons (Fsp3) is 0.538. The van der Waals surface area contributed by atoms with Crippen molar-refractivity contribution in [2.24, 2.45) is 0 Å². The number of benzene rings is 1. The zero-order chi connectivity index (χ0) is 10.9. The molecule has 15 heavy (non-hydrogen) atoms. The van der Waals surface area contributed by atoms with E-state index in [1.165, 1.54) is 16.7 Å². The van der Waals surface area contributed by atoms with Gasteiger partial charge in [0.1, 0.15) is 5.60 Å². The van der Waals surface area contributed by atoms with Gasteiger partial charge in [-0.05, 0) is 37.5 Å². The molecule has 0 bridgehead atoms. The van der Waals surface area contributed by atoms with Crippen molar-refractivity contribution in [2.45, 2.75) is 26.4 Å². The van der Waals surface area contributed by atoms with E-state index in [2.05, 4.69) is 44.3 Å². The summed E-state index contributed by atoms with van der Waals surface area (Å²) in [7, 11) is 0. The first-order valence-electron chi connectivity index (χ1n) is 5.54. The van der Waals surface area contributed by atoms with E-state index in [-0.39, 0.29) is 5.60 Å². The van der Waals surface area contributed by atoms with Crippen LogP contribution in [-0.2, 0) is 10.3 Å². The van der Waals surface area contributed by atoms with Gasteiger partial charge < -0.3 is 10.1 Å². The van der Waals surface area contributed by atoms with E-state index in [0.717, 1.165) is 19.7 Å². The van der Waals surface area contributed by atoms with Crippen LogP contribution in [0.25, 0.3) is 0 Å². The summed E-state index contributed by atoms with van der Waals surface area (Å²) in [4.78, 5) is 0. The molecule has 2 rings (SSSR count). The Morgan fingerprint density at radius 1 is 1.27 bits per heavy atom. The summed E-state index contributed by atoms with van der Waals surface area (Å²) < 4.78 is 5.88. The van der Waals surface area contributed by atoms with E-state index >= 15 is 0 Å². The molecule has 0 aromatic heterocycles. The predicted octanol–water partition coefficient (Wildman–Crippen LogP) is 2.14. The largest absolute Gasteiger partial charge is 0.368 e. The summed E-state index contributed by atoms with van der Waals surface area (Å²) in [5.74, 6) is 0. The Hall–Kier alpha value is -0.860. The van der Waals surface area contributed by atoms with Gasteiger partial charge in [-0.1, -0.05) is 18.2 Å². The van der Waals surface area contributed by atoms with Gasteiger partial charge in [0.2, 0.25) is 0 Å². The van der Waals surface area contributed by atoms with Crippen LogP contribution in [0.3, 0.4) is 0 Å². The van der Waals surface area contributed by atoms with Gasteiger partial charge in [-0.2, -0.15) is 0 Å². The summed E-state index contributed by atoms with van der Waals surface area (Å²) in [5, 5.41) is 3.38. The lowest BCUT2D eigenvalue weighted by atomic mass is 9.92. The Kier molecular flexibility index (Phi) is 2.81. The number of ether oxygens (including phenoxy) is 1. The molecule has 1 fully saturated rings. The average Bonchev–Trinajstić information content (AvgIpc) is 2.23. The molecular formula is C13H19NO. The van der Waals surface area contributed by atoms with Crippen LogP contribution in [0, 0.1) is 13.8 Å². The zero-order valence-corrected chi connectivity index (χ0v) is 9.76. The molecule has 0 aliphatic carbocycles. The van der Waals surface area contributed by atoms with Gasteiger partial charge in [0, 0.05) is 13.1 Å². The summed E-state index contributed by atoms with van der Waals surface area (Å²) in [6.45, 7) is 9.10. The van der Waals surface area contributed by atoms with E-state index < -0.39 is 0 Å². The molecule has 1 unspecified atom stereocenters. The van der Waals surface area contributed by atoms with Crippen LogP contribution in [0.5, 0.6) is 0 Å². The Morgan fingerprint density at radius 2 is 2.07 bits per heavy atom. The van der Waals surface area contributed by atoms with Crippen molar-refractivity contribution in [3.8, 4) is 0 Å². The van der Waals surface area contributed by atoms with Gasteiger partial charge in [-0.3, -0.25) is 0 Å². The van der Waals surface area contributed by atoms with Crippen LogP contribution in [0.15, 0.2) is 18.2 Å². The molecule has 1 aromatic carbocycles. The number of hydrogen-bond acceptors (Lipinski definition) is 2. The summed E-state index contributed by atoms with van der Waals surface area (Å²) in [6.07, 6.45) is 0. The van der Waals surface area contributed by atoms with Crippen molar-refractivity contribution in [3.05, 3.63) is 34.9 Å². The Balaban J connectivity index is 2.31. The van der Waals surface area contributed by atoms with Crippen LogP contribution in [0.4, 0.5) is 0 Å². The Morgan fingerprint density at radius 3 is 2.67 bits per heavy atom. The molecule has 1 aliphatic rings. The van der Waals surface area contributed by atoms with E-state index in [0.29, 0.717) is 0 Å². The molecule has 1 atom stereocenters. The fourth-order valence-corrected chi connectivity index (χ4v) is 1.98. The smallest absolute Gasteiger partial charge is 0.103 e. The van der Waals surface area contributed by atoms with Crippen LogP contribution < -0.4 is 5.32 Å². The lowest BCUT2D eigenvalue weighted by Gasteiger charge is -2.35. The van der Waals surface area contributed by atoms with Crippen molar-refractivity contribution in [1.82, 2.24) is 5.32 Å². The van der Waals surface area contributed by atoms with Gasteiger partial charge in [0.15, 0.2) is 0 Å². The molecule has 0 spiro atoms. The number of rotatable bonds is 1. The van der Waals surface area contributed by atoms with Crippen molar-refractivity contribution in [3.63, 3.8) is 0 Å². The van der Waals surface area contributed by atoms with Crippen molar-refractivity contribution < 1.29 is 4.74 Å². The average molecular weight is 205 g/mol. The molecular weight excluding hydrogens is 186 g/mol. The monoisotopic (exact) mass is 205 g/mol. The third kappa shape index (κ3) is 2.06. The van der Waals surface area contributed by atoms with Gasteiger partial charge in [0.25, 0.3) is 0 Å². The SMILES string of the molecule is Cc1ccc(C2(C)CNCCO2)cc1C. The summed E-state index contributed by atoms with van der Waals surface area (Å²) in [6, 6.07) is 6.59. The van der Waals surface area contributed by atoms with Crippen molar-refractivity contribution >= 4 is 0 Å². The molecule has 2 heteroatoms. The normalized spacial score (nSPS) is 26.6. The Labute approximate surface area is 91.6 Å². The Bertz CT molecular complexity index is 354. The van der Waals surface area contributed by atoms with Crippen LogP contribution in [0.2, 0.25) is 0 Å². The number of morpholine rings is 1. The molecule has 1 saturated heterocycles. The molecule has 0 saturated carbocycles. The first kappa shape index (κ1) is 10.7. The standard InChI is InChI=1S/C13H19NO/c1-10-4-5-12(8-11(10)2)13(3)9-14-6-7-15-13/h4-5,8,14H,6-7,9H2,1-3H3. The highest BCUT2D eigenvalue weighted by Crippen LogP contribution is 2.27. The molecule has 82 valence electrons. The van der Waals surface area contributed by atoms with Crippen LogP contribution >= 0.6 is 0 Å². The lowest BCUT2D eigenvalue weighted by Crippen LogP contribution is -2.45. The lowest BCUT2D eigenvalue weighted by molar-refractivity contribution is -0.0572. The van der Waals surface area contributed by atoms with Crippen LogP contribution in [0.1, 0.15) is 23.6 Å². The second-order valence-electron chi connectivity index (χ2n) is 4.56. The maximum absolute atomic E-state index is 5.88. The van der Waals surface area contributed by atoms with Crippen LogP contribution in [-0.4, -0.2) is 19.7 Å². The maximum atomic E-state index is 5.88. The molecule has 1 aliphatic heterocycles. The van der Waals surface area contributed by atoms with Gasteiger partial charge in [-0.25, -0.2) is 0 Å². The second-order valence-corrected chi connectivity index (χ2v) is 4.56. The molecule has 0 amide bonds. The number of aryl methyl sites for hydroxylation is 2. The molecule has 0 radical (unpaired) electrons. The predicted molar refractivity (Wildman–Crippen MR) is 62.1 cm³/mol. The topological polar surface area (TPSA) is 21.3 Å². The molecule has 2 nitrogen and oxygen atoms in total. The number of nitrogens with one attached hydrogen (secondary N) is 1. The van der Waals surface area contributed by atoms with E-state index in [1.807, 2.05) is 0 Å². The minimum absolute atomic E-state index is 0.156. The van der Waals surface area contributed by atoms with E-state index in [4.69, 9.17) is 4.74 Å². The quantitative estimate of drug-likeness (QED) is 0.758. The molecule has 1 N–H and O–H groups in total. The minimum atomic E-state index is -0.156. The number of hydrogen-bond donors (Lipinski definition) is 1. The first-order valence-corrected chi connectivity index (χ1v) is 5.54. The third-order valence-electron chi connectivity index (χ3n) is 3.28. The van der Waals surface area contributed by atoms with Crippen molar-refractivity contribution in [1.29, 1.82) is 0 Å². The minimum Gasteiger partial charge on any atom is -0.368 e. The summed E-state index contributed by atoms with van der Waals surface area (Å²) in [5.41, 5.74) is 3.79. The first-order chi connectivity index (χ1) is 7.12. The van der Waals surface area contributed by atoms with Gasteiger partial charge in [0.05, 0.1) is 6.61 Å².